The van der Waals surface area contributed by atoms with Crippen molar-refractivity contribution < 1.29 is 9.72 Å². The minimum absolute atomic E-state index is 0.0253. The molecule has 0 bridgehead atoms. The van der Waals surface area contributed by atoms with Gasteiger partial charge in [0.15, 0.2) is 4.34 Å². The fraction of sp³-hybridized carbons (Fsp3) is 0.0870. The van der Waals surface area contributed by atoms with Crippen LogP contribution in [0, 0.1) is 10.1 Å². The van der Waals surface area contributed by atoms with Gasteiger partial charge in [-0.1, -0.05) is 48.2 Å². The molecular formula is C23H18N4O3S2. The zero-order valence-corrected chi connectivity index (χ0v) is 18.7. The normalized spacial score (nSPS) is 11.5. The molecule has 1 heterocycles. The van der Waals surface area contributed by atoms with E-state index < -0.39 is 4.92 Å². The van der Waals surface area contributed by atoms with E-state index in [1.807, 2.05) is 30.3 Å². The van der Waals surface area contributed by atoms with Gasteiger partial charge in [0.05, 0.1) is 20.9 Å². The number of aromatic nitrogens is 1. The molecule has 0 unspecified atom stereocenters. The van der Waals surface area contributed by atoms with Gasteiger partial charge in [-0.2, -0.15) is 5.10 Å². The number of thiazole rings is 1. The van der Waals surface area contributed by atoms with Crippen molar-refractivity contribution in [2.24, 2.45) is 5.10 Å². The summed E-state index contributed by atoms with van der Waals surface area (Å²) < 4.78 is 2.18. The van der Waals surface area contributed by atoms with Gasteiger partial charge in [0.1, 0.15) is 0 Å². The second-order valence-corrected chi connectivity index (χ2v) is 9.13. The number of hydrazone groups is 1. The van der Waals surface area contributed by atoms with E-state index in [0.29, 0.717) is 16.8 Å². The van der Waals surface area contributed by atoms with Gasteiger partial charge < -0.3 is 0 Å². The van der Waals surface area contributed by atoms with Crippen molar-refractivity contribution in [3.05, 3.63) is 99.6 Å². The summed E-state index contributed by atoms with van der Waals surface area (Å²) in [6.07, 6.45) is 0. The summed E-state index contributed by atoms with van der Waals surface area (Å²) in [4.78, 5) is 27.5. The highest BCUT2D eigenvalue weighted by atomic mass is 32.2. The molecule has 0 fully saturated rings. The first-order valence-corrected chi connectivity index (χ1v) is 11.5. The van der Waals surface area contributed by atoms with Crippen LogP contribution in [0.15, 0.2) is 82.2 Å². The average molecular weight is 463 g/mol. The standard InChI is InChI=1S/C23H18N4O3S2/c1-15(18-5-4-6-19(13-18)27(29)30)25-26-22(28)17-11-9-16(10-12-17)14-31-23-24-20-7-2-3-8-21(20)32-23/h2-13H,14H2,1H3,(H,26,28). The van der Waals surface area contributed by atoms with Crippen LogP contribution < -0.4 is 5.43 Å². The number of nitrogens with zero attached hydrogens (tertiary/aromatic N) is 3. The van der Waals surface area contributed by atoms with Gasteiger partial charge in [-0.05, 0) is 36.8 Å². The Morgan fingerprint density at radius 3 is 2.62 bits per heavy atom. The first-order valence-electron chi connectivity index (χ1n) is 9.66. The molecule has 3 aromatic carbocycles. The van der Waals surface area contributed by atoms with Crippen molar-refractivity contribution in [2.45, 2.75) is 17.0 Å². The van der Waals surface area contributed by atoms with Crippen molar-refractivity contribution in [1.82, 2.24) is 10.4 Å². The van der Waals surface area contributed by atoms with Gasteiger partial charge in [-0.25, -0.2) is 10.4 Å². The van der Waals surface area contributed by atoms with Crippen molar-refractivity contribution >= 4 is 50.6 Å². The summed E-state index contributed by atoms with van der Waals surface area (Å²) in [6, 6.07) is 21.5. The summed E-state index contributed by atoms with van der Waals surface area (Å²) in [5, 5.41) is 15.0. The molecule has 160 valence electrons. The van der Waals surface area contributed by atoms with E-state index in [1.54, 1.807) is 54.3 Å². The number of non-ortho nitro benzene ring substituents is 1. The van der Waals surface area contributed by atoms with Crippen LogP contribution in [0.4, 0.5) is 5.69 Å². The number of para-hydroxylation sites is 1. The Morgan fingerprint density at radius 1 is 1.09 bits per heavy atom. The monoisotopic (exact) mass is 462 g/mol. The predicted octanol–water partition coefficient (Wildman–Crippen LogP) is 5.65. The molecule has 0 spiro atoms. The van der Waals surface area contributed by atoms with Gasteiger partial charge in [-0.15, -0.1) is 11.3 Å². The number of hydrogen-bond acceptors (Lipinski definition) is 7. The Balaban J connectivity index is 1.35. The fourth-order valence-corrected chi connectivity index (χ4v) is 4.94. The predicted molar refractivity (Wildman–Crippen MR) is 128 cm³/mol. The molecule has 0 aliphatic rings. The molecule has 7 nitrogen and oxygen atoms in total. The summed E-state index contributed by atoms with van der Waals surface area (Å²) in [6.45, 7) is 1.68. The third-order valence-electron chi connectivity index (χ3n) is 4.65. The SMILES string of the molecule is CC(=NNC(=O)c1ccc(CSc2nc3ccccc3s2)cc1)c1cccc([N+](=O)[O-])c1. The van der Waals surface area contributed by atoms with Crippen LogP contribution in [-0.4, -0.2) is 21.5 Å². The molecule has 32 heavy (non-hydrogen) atoms. The van der Waals surface area contributed by atoms with Crippen LogP contribution in [0.25, 0.3) is 10.2 Å². The maximum absolute atomic E-state index is 12.4. The number of nitrogens with one attached hydrogen (secondary N) is 1. The van der Waals surface area contributed by atoms with Crippen molar-refractivity contribution in [3.63, 3.8) is 0 Å². The molecule has 0 saturated carbocycles. The van der Waals surface area contributed by atoms with Crippen molar-refractivity contribution in [1.29, 1.82) is 0 Å². The first-order chi connectivity index (χ1) is 15.5. The molecule has 0 atom stereocenters. The summed E-state index contributed by atoms with van der Waals surface area (Å²) in [5.41, 5.74) is 6.10. The second kappa shape index (κ2) is 9.71. The number of fused-ring (bicyclic) bond motifs is 1. The lowest BCUT2D eigenvalue weighted by Gasteiger charge is -2.04. The van der Waals surface area contributed by atoms with E-state index in [1.165, 1.54) is 16.8 Å². The number of amides is 1. The molecule has 4 aromatic rings. The number of carbonyl (C=O) groups is 1. The van der Waals surface area contributed by atoms with E-state index in [9.17, 15) is 14.9 Å². The number of nitro benzene ring substituents is 1. The van der Waals surface area contributed by atoms with E-state index in [-0.39, 0.29) is 11.6 Å². The Bertz CT molecular complexity index is 1280. The van der Waals surface area contributed by atoms with Gasteiger partial charge in [0, 0.05) is 29.0 Å². The van der Waals surface area contributed by atoms with Gasteiger partial charge in [0.25, 0.3) is 11.6 Å². The topological polar surface area (TPSA) is 97.5 Å². The highest BCUT2D eigenvalue weighted by Gasteiger charge is 2.09. The zero-order chi connectivity index (χ0) is 22.5. The zero-order valence-electron chi connectivity index (χ0n) is 17.0. The number of hydrogen-bond donors (Lipinski definition) is 1. The van der Waals surface area contributed by atoms with E-state index >= 15 is 0 Å². The van der Waals surface area contributed by atoms with Gasteiger partial charge >= 0.3 is 0 Å². The maximum Gasteiger partial charge on any atom is 0.271 e. The summed E-state index contributed by atoms with van der Waals surface area (Å²) in [7, 11) is 0. The number of thioether (sulfide) groups is 1. The molecule has 9 heteroatoms. The Labute approximate surface area is 192 Å². The Morgan fingerprint density at radius 2 is 1.88 bits per heavy atom. The van der Waals surface area contributed by atoms with Crippen LogP contribution in [0.2, 0.25) is 0 Å². The highest BCUT2D eigenvalue weighted by molar-refractivity contribution is 8.00. The highest BCUT2D eigenvalue weighted by Crippen LogP contribution is 2.31. The third kappa shape index (κ3) is 5.19. The Kier molecular flexibility index (Phi) is 6.58. The smallest absolute Gasteiger partial charge is 0.267 e. The van der Waals surface area contributed by atoms with Gasteiger partial charge in [0.2, 0.25) is 0 Å². The second-order valence-electron chi connectivity index (χ2n) is 6.88. The number of nitro groups is 1. The van der Waals surface area contributed by atoms with Crippen LogP contribution in [0.1, 0.15) is 28.4 Å². The van der Waals surface area contributed by atoms with Gasteiger partial charge in [-0.3, -0.25) is 14.9 Å². The van der Waals surface area contributed by atoms with E-state index in [4.69, 9.17) is 0 Å². The largest absolute Gasteiger partial charge is 0.271 e. The quantitative estimate of drug-likeness (QED) is 0.166. The molecule has 1 amide bonds. The fourth-order valence-electron chi connectivity index (χ4n) is 2.92. The number of rotatable bonds is 7. The minimum atomic E-state index is -0.466. The van der Waals surface area contributed by atoms with E-state index in [2.05, 4.69) is 21.6 Å². The third-order valence-corrected chi connectivity index (χ3v) is 6.90. The molecular weight excluding hydrogens is 444 g/mol. The average Bonchev–Trinajstić information content (AvgIpc) is 3.24. The molecule has 0 saturated heterocycles. The molecule has 0 aliphatic carbocycles. The first kappa shape index (κ1) is 21.7. The van der Waals surface area contributed by atoms with E-state index in [0.717, 1.165) is 21.2 Å². The molecule has 0 aliphatic heterocycles. The summed E-state index contributed by atoms with van der Waals surface area (Å²) in [5.74, 6) is 0.409. The number of carbonyl (C=O) groups excluding carboxylic acids is 1. The lowest BCUT2D eigenvalue weighted by molar-refractivity contribution is -0.384. The number of benzene rings is 3. The van der Waals surface area contributed by atoms with Crippen LogP contribution in [0.5, 0.6) is 0 Å². The van der Waals surface area contributed by atoms with Crippen LogP contribution in [-0.2, 0) is 5.75 Å². The lowest BCUT2D eigenvalue weighted by Crippen LogP contribution is -2.19. The minimum Gasteiger partial charge on any atom is -0.267 e. The lowest BCUT2D eigenvalue weighted by atomic mass is 10.1. The molecule has 4 rings (SSSR count). The van der Waals surface area contributed by atoms with Crippen LogP contribution in [0.3, 0.4) is 0 Å². The molecule has 1 aromatic heterocycles. The Hall–Kier alpha value is -3.56. The van der Waals surface area contributed by atoms with Crippen LogP contribution >= 0.6 is 23.1 Å². The molecule has 0 radical (unpaired) electrons. The van der Waals surface area contributed by atoms with Crippen molar-refractivity contribution in [2.75, 3.05) is 0 Å². The van der Waals surface area contributed by atoms with Crippen molar-refractivity contribution in [3.8, 4) is 0 Å². The summed E-state index contributed by atoms with van der Waals surface area (Å²) >= 11 is 3.34. The molecule has 1 N–H and O–H groups in total. The maximum atomic E-state index is 12.4.